The Morgan fingerprint density at radius 3 is 2.72 bits per heavy atom. The number of anilines is 1. The van der Waals surface area contributed by atoms with Crippen molar-refractivity contribution < 1.29 is 4.74 Å². The predicted molar refractivity (Wildman–Crippen MR) is 75.7 cm³/mol. The topological polar surface area (TPSA) is 38.2 Å². The van der Waals surface area contributed by atoms with Gasteiger partial charge in [-0.15, -0.1) is 11.6 Å². The summed E-state index contributed by atoms with van der Waals surface area (Å²) in [6, 6.07) is 1.89. The van der Waals surface area contributed by atoms with E-state index in [4.69, 9.17) is 16.3 Å². The van der Waals surface area contributed by atoms with Crippen LogP contribution >= 0.6 is 11.6 Å². The number of rotatable bonds is 9. The summed E-state index contributed by atoms with van der Waals surface area (Å²) in [6.07, 6.45) is 4.81. The van der Waals surface area contributed by atoms with Gasteiger partial charge in [0.05, 0.1) is 6.61 Å². The first kappa shape index (κ1) is 15.0. The third-order valence-electron chi connectivity index (χ3n) is 2.54. The van der Waals surface area contributed by atoms with Crippen LogP contribution in [0.1, 0.15) is 33.1 Å². The van der Waals surface area contributed by atoms with Gasteiger partial charge in [0.15, 0.2) is 0 Å². The van der Waals surface area contributed by atoms with Gasteiger partial charge in [0.25, 0.3) is 0 Å². The molecular weight excluding hydrogens is 250 g/mol. The number of nitrogens with zero attached hydrogens (tertiary/aromatic N) is 3. The summed E-state index contributed by atoms with van der Waals surface area (Å²) in [5.41, 5.74) is 0. The second kappa shape index (κ2) is 8.97. The molecule has 1 aromatic heterocycles. The van der Waals surface area contributed by atoms with Crippen LogP contribution < -0.4 is 9.64 Å². The second-order valence-corrected chi connectivity index (χ2v) is 4.47. The van der Waals surface area contributed by atoms with E-state index in [1.807, 2.05) is 6.07 Å². The summed E-state index contributed by atoms with van der Waals surface area (Å²) in [5.74, 6) is 2.13. The van der Waals surface area contributed by atoms with E-state index in [0.717, 1.165) is 38.2 Å². The van der Waals surface area contributed by atoms with Crippen LogP contribution in [0.25, 0.3) is 0 Å². The molecule has 1 aromatic rings. The fourth-order valence-electron chi connectivity index (χ4n) is 1.58. The van der Waals surface area contributed by atoms with Gasteiger partial charge in [-0.25, -0.2) is 9.97 Å². The van der Waals surface area contributed by atoms with Crippen molar-refractivity contribution in [3.8, 4) is 5.88 Å². The molecule has 5 heteroatoms. The van der Waals surface area contributed by atoms with E-state index in [1.54, 1.807) is 6.33 Å². The summed E-state index contributed by atoms with van der Waals surface area (Å²) in [5, 5.41) is 0. The lowest BCUT2D eigenvalue weighted by Crippen LogP contribution is -2.27. The van der Waals surface area contributed by atoms with E-state index in [1.165, 1.54) is 0 Å². The Bertz CT molecular complexity index is 336. The Labute approximate surface area is 114 Å². The number of ether oxygens (including phenoxy) is 1. The Morgan fingerprint density at radius 2 is 2.06 bits per heavy atom. The van der Waals surface area contributed by atoms with Gasteiger partial charge in [0, 0.05) is 25.0 Å². The molecule has 102 valence electrons. The number of aromatic nitrogens is 2. The normalized spacial score (nSPS) is 10.4. The van der Waals surface area contributed by atoms with Crippen molar-refractivity contribution in [1.82, 2.24) is 9.97 Å². The van der Waals surface area contributed by atoms with Crippen molar-refractivity contribution in [3.63, 3.8) is 0 Å². The van der Waals surface area contributed by atoms with Gasteiger partial charge in [-0.05, 0) is 12.8 Å². The standard InChI is InChI=1S/C13H22ClN3O/c1-3-5-7-17(8-6-14)12-10-13(16-11-15-12)18-9-4-2/h10-11H,3-9H2,1-2H3. The molecule has 0 saturated carbocycles. The zero-order valence-corrected chi connectivity index (χ0v) is 12.0. The smallest absolute Gasteiger partial charge is 0.218 e. The SMILES string of the molecule is CCCCN(CCCl)c1cc(OCCC)ncn1. The van der Waals surface area contributed by atoms with Gasteiger partial charge in [-0.1, -0.05) is 20.3 Å². The molecule has 0 bridgehead atoms. The highest BCUT2D eigenvalue weighted by Crippen LogP contribution is 2.16. The van der Waals surface area contributed by atoms with Gasteiger partial charge in [0.2, 0.25) is 5.88 Å². The van der Waals surface area contributed by atoms with Gasteiger partial charge in [0.1, 0.15) is 12.1 Å². The zero-order chi connectivity index (χ0) is 13.2. The van der Waals surface area contributed by atoms with Crippen LogP contribution in [0.15, 0.2) is 12.4 Å². The lowest BCUT2D eigenvalue weighted by atomic mass is 10.3. The van der Waals surface area contributed by atoms with E-state index in [0.29, 0.717) is 18.4 Å². The largest absolute Gasteiger partial charge is 0.478 e. The zero-order valence-electron chi connectivity index (χ0n) is 11.2. The summed E-state index contributed by atoms with van der Waals surface area (Å²) in [7, 11) is 0. The maximum Gasteiger partial charge on any atom is 0.218 e. The molecule has 0 aromatic carbocycles. The predicted octanol–water partition coefficient (Wildman–Crippen LogP) is 3.11. The van der Waals surface area contributed by atoms with Crippen LogP contribution in [0, 0.1) is 0 Å². The highest BCUT2D eigenvalue weighted by atomic mass is 35.5. The molecule has 0 atom stereocenters. The van der Waals surface area contributed by atoms with Gasteiger partial charge >= 0.3 is 0 Å². The molecule has 0 amide bonds. The van der Waals surface area contributed by atoms with Gasteiger partial charge < -0.3 is 9.64 Å². The Hall–Kier alpha value is -1.03. The minimum Gasteiger partial charge on any atom is -0.478 e. The molecule has 18 heavy (non-hydrogen) atoms. The molecule has 0 saturated heterocycles. The average molecular weight is 272 g/mol. The van der Waals surface area contributed by atoms with Gasteiger partial charge in [-0.3, -0.25) is 0 Å². The van der Waals surface area contributed by atoms with Crippen LogP contribution in [0.5, 0.6) is 5.88 Å². The van der Waals surface area contributed by atoms with E-state index in [9.17, 15) is 0 Å². The maximum absolute atomic E-state index is 5.83. The minimum absolute atomic E-state index is 0.596. The molecule has 0 spiro atoms. The lowest BCUT2D eigenvalue weighted by Gasteiger charge is -2.22. The van der Waals surface area contributed by atoms with Crippen molar-refractivity contribution in [1.29, 1.82) is 0 Å². The fraction of sp³-hybridized carbons (Fsp3) is 0.692. The molecule has 0 aliphatic rings. The molecule has 0 aliphatic carbocycles. The number of hydrogen-bond donors (Lipinski definition) is 0. The monoisotopic (exact) mass is 271 g/mol. The second-order valence-electron chi connectivity index (χ2n) is 4.09. The third-order valence-corrected chi connectivity index (χ3v) is 2.71. The first-order valence-corrected chi connectivity index (χ1v) is 7.11. The first-order valence-electron chi connectivity index (χ1n) is 6.57. The van der Waals surface area contributed by atoms with E-state index in [2.05, 4.69) is 28.7 Å². The summed E-state index contributed by atoms with van der Waals surface area (Å²) in [6.45, 7) is 6.69. The van der Waals surface area contributed by atoms with E-state index < -0.39 is 0 Å². The quantitative estimate of drug-likeness (QED) is 0.647. The molecule has 0 aliphatic heterocycles. The highest BCUT2D eigenvalue weighted by molar-refractivity contribution is 6.18. The number of unbranched alkanes of at least 4 members (excludes halogenated alkanes) is 1. The molecule has 0 radical (unpaired) electrons. The van der Waals surface area contributed by atoms with Crippen LogP contribution in [0.4, 0.5) is 5.82 Å². The summed E-state index contributed by atoms with van der Waals surface area (Å²) < 4.78 is 5.52. The number of hydrogen-bond acceptors (Lipinski definition) is 4. The van der Waals surface area contributed by atoms with Crippen molar-refractivity contribution in [2.24, 2.45) is 0 Å². The third kappa shape index (κ3) is 5.08. The molecule has 4 nitrogen and oxygen atoms in total. The molecule has 0 N–H and O–H groups in total. The molecule has 1 rings (SSSR count). The maximum atomic E-state index is 5.83. The Morgan fingerprint density at radius 1 is 1.22 bits per heavy atom. The molecular formula is C13H22ClN3O. The van der Waals surface area contributed by atoms with Gasteiger partial charge in [-0.2, -0.15) is 0 Å². The number of halogens is 1. The van der Waals surface area contributed by atoms with Crippen LogP contribution in [-0.4, -0.2) is 35.5 Å². The van der Waals surface area contributed by atoms with Crippen LogP contribution in [0.2, 0.25) is 0 Å². The molecule has 0 unspecified atom stereocenters. The summed E-state index contributed by atoms with van der Waals surface area (Å²) in [4.78, 5) is 10.6. The van der Waals surface area contributed by atoms with E-state index >= 15 is 0 Å². The Balaban J connectivity index is 2.70. The summed E-state index contributed by atoms with van der Waals surface area (Å²) >= 11 is 5.83. The molecule has 1 heterocycles. The van der Waals surface area contributed by atoms with Crippen LogP contribution in [0.3, 0.4) is 0 Å². The first-order chi connectivity index (χ1) is 8.81. The minimum atomic E-state index is 0.596. The van der Waals surface area contributed by atoms with Crippen molar-refractivity contribution in [2.45, 2.75) is 33.1 Å². The average Bonchev–Trinajstić information content (AvgIpc) is 2.41. The fourth-order valence-corrected chi connectivity index (χ4v) is 1.78. The Kier molecular flexibility index (Phi) is 7.49. The van der Waals surface area contributed by atoms with Crippen LogP contribution in [-0.2, 0) is 0 Å². The van der Waals surface area contributed by atoms with E-state index in [-0.39, 0.29) is 0 Å². The van der Waals surface area contributed by atoms with Crippen molar-refractivity contribution in [3.05, 3.63) is 12.4 Å². The lowest BCUT2D eigenvalue weighted by molar-refractivity contribution is 0.304. The number of alkyl halides is 1. The van der Waals surface area contributed by atoms with Crippen molar-refractivity contribution in [2.75, 3.05) is 30.5 Å². The highest BCUT2D eigenvalue weighted by Gasteiger charge is 2.08. The molecule has 0 fully saturated rings. The van der Waals surface area contributed by atoms with Crippen molar-refractivity contribution >= 4 is 17.4 Å².